The first kappa shape index (κ1) is 15.6. The van der Waals surface area contributed by atoms with Crippen LogP contribution in [0.25, 0.3) is 0 Å². The van der Waals surface area contributed by atoms with Crippen LogP contribution in [0, 0.1) is 0 Å². The largest absolute Gasteiger partial charge is 0.324 e. The van der Waals surface area contributed by atoms with Gasteiger partial charge >= 0.3 is 0 Å². The van der Waals surface area contributed by atoms with E-state index in [9.17, 15) is 4.79 Å². The second-order valence-corrected chi connectivity index (χ2v) is 6.00. The van der Waals surface area contributed by atoms with Crippen LogP contribution in [0.3, 0.4) is 0 Å². The minimum atomic E-state index is -0.0848. The summed E-state index contributed by atoms with van der Waals surface area (Å²) in [5, 5.41) is 6.95. The van der Waals surface area contributed by atoms with Crippen LogP contribution in [-0.2, 0) is 4.79 Å². The number of carbonyl (C=O) groups is 1. The van der Waals surface area contributed by atoms with Gasteiger partial charge in [-0.3, -0.25) is 4.79 Å². The Balaban J connectivity index is 1.81. The predicted molar refractivity (Wildman–Crippen MR) is 84.6 cm³/mol. The fraction of sp³-hybridized carbons (Fsp3) is 0.533. The summed E-state index contributed by atoms with van der Waals surface area (Å²) >= 11 is 12.0. The molecule has 110 valence electrons. The van der Waals surface area contributed by atoms with E-state index in [0.717, 1.165) is 12.8 Å². The third-order valence-electron chi connectivity index (χ3n) is 3.63. The van der Waals surface area contributed by atoms with Crippen molar-refractivity contribution in [1.82, 2.24) is 5.32 Å². The van der Waals surface area contributed by atoms with Gasteiger partial charge in [0.15, 0.2) is 0 Å². The van der Waals surface area contributed by atoms with Crippen molar-refractivity contribution in [3.8, 4) is 0 Å². The lowest BCUT2D eigenvalue weighted by molar-refractivity contribution is -0.115. The zero-order valence-corrected chi connectivity index (χ0v) is 12.9. The average Bonchev–Trinajstić information content (AvgIpc) is 2.70. The molecule has 1 aliphatic carbocycles. The Bertz CT molecular complexity index is 457. The minimum Gasteiger partial charge on any atom is -0.324 e. The van der Waals surface area contributed by atoms with E-state index in [1.54, 1.807) is 18.2 Å². The van der Waals surface area contributed by atoms with Gasteiger partial charge in [0, 0.05) is 6.04 Å². The standard InChI is InChI=1S/C15H20Cl2N2O/c16-12-8-5-9-13(15(12)17)19-14(20)10-18-11-6-3-1-2-4-7-11/h5,8-9,11,18H,1-4,6-7,10H2,(H,19,20). The fourth-order valence-electron chi connectivity index (χ4n) is 2.52. The molecule has 0 unspecified atom stereocenters. The van der Waals surface area contributed by atoms with Crippen molar-refractivity contribution >= 4 is 34.8 Å². The molecular formula is C15H20Cl2N2O. The van der Waals surface area contributed by atoms with Gasteiger partial charge in [0.25, 0.3) is 0 Å². The quantitative estimate of drug-likeness (QED) is 0.816. The first-order valence-electron chi connectivity index (χ1n) is 7.14. The highest BCUT2D eigenvalue weighted by Crippen LogP contribution is 2.29. The molecule has 1 fully saturated rings. The van der Waals surface area contributed by atoms with E-state index in [0.29, 0.717) is 28.3 Å². The highest BCUT2D eigenvalue weighted by Gasteiger charge is 2.13. The van der Waals surface area contributed by atoms with E-state index < -0.39 is 0 Å². The topological polar surface area (TPSA) is 41.1 Å². The predicted octanol–water partition coefficient (Wildman–Crippen LogP) is 4.24. The molecule has 0 aliphatic heterocycles. The summed E-state index contributed by atoms with van der Waals surface area (Å²) in [5.74, 6) is -0.0848. The molecule has 2 N–H and O–H groups in total. The maximum Gasteiger partial charge on any atom is 0.238 e. The van der Waals surface area contributed by atoms with E-state index >= 15 is 0 Å². The molecule has 0 saturated heterocycles. The van der Waals surface area contributed by atoms with Crippen LogP contribution >= 0.6 is 23.2 Å². The fourth-order valence-corrected chi connectivity index (χ4v) is 2.86. The lowest BCUT2D eigenvalue weighted by atomic mass is 10.1. The average molecular weight is 315 g/mol. The normalized spacial score (nSPS) is 16.7. The van der Waals surface area contributed by atoms with Crippen molar-refractivity contribution in [3.63, 3.8) is 0 Å². The van der Waals surface area contributed by atoms with Gasteiger partial charge in [-0.25, -0.2) is 0 Å². The molecule has 0 bridgehead atoms. The van der Waals surface area contributed by atoms with Gasteiger partial charge in [-0.1, -0.05) is 55.0 Å². The summed E-state index contributed by atoms with van der Waals surface area (Å²) in [4.78, 5) is 11.9. The molecule has 1 aliphatic rings. The number of amides is 1. The maximum absolute atomic E-state index is 11.9. The molecule has 0 atom stereocenters. The Hall–Kier alpha value is -0.770. The molecule has 1 saturated carbocycles. The van der Waals surface area contributed by atoms with Gasteiger partial charge in [0.1, 0.15) is 0 Å². The number of carbonyl (C=O) groups excluding carboxylic acids is 1. The SMILES string of the molecule is O=C(CNC1CCCCCC1)Nc1cccc(Cl)c1Cl. The van der Waals surface area contributed by atoms with E-state index in [1.807, 2.05) is 0 Å². The lowest BCUT2D eigenvalue weighted by Crippen LogP contribution is -2.35. The summed E-state index contributed by atoms with van der Waals surface area (Å²) in [6.07, 6.45) is 7.43. The third-order valence-corrected chi connectivity index (χ3v) is 4.45. The third kappa shape index (κ3) is 4.65. The first-order chi connectivity index (χ1) is 9.66. The molecule has 1 amide bonds. The summed E-state index contributed by atoms with van der Waals surface area (Å²) in [6, 6.07) is 5.67. The molecular weight excluding hydrogens is 295 g/mol. The Labute approximate surface area is 130 Å². The van der Waals surface area contributed by atoms with Crippen LogP contribution in [-0.4, -0.2) is 18.5 Å². The van der Waals surface area contributed by atoms with Crippen LogP contribution in [0.5, 0.6) is 0 Å². The van der Waals surface area contributed by atoms with Crippen molar-refractivity contribution in [1.29, 1.82) is 0 Å². The number of benzene rings is 1. The molecule has 0 radical (unpaired) electrons. The maximum atomic E-state index is 11.9. The van der Waals surface area contributed by atoms with Crippen LogP contribution in [0.4, 0.5) is 5.69 Å². The molecule has 3 nitrogen and oxygen atoms in total. The number of hydrogen-bond donors (Lipinski definition) is 2. The smallest absolute Gasteiger partial charge is 0.238 e. The number of nitrogens with one attached hydrogen (secondary N) is 2. The minimum absolute atomic E-state index is 0.0848. The van der Waals surface area contributed by atoms with Crippen LogP contribution in [0.15, 0.2) is 18.2 Å². The van der Waals surface area contributed by atoms with Crippen molar-refractivity contribution in [2.24, 2.45) is 0 Å². The zero-order chi connectivity index (χ0) is 14.4. The second-order valence-electron chi connectivity index (χ2n) is 5.22. The van der Waals surface area contributed by atoms with Crippen LogP contribution in [0.2, 0.25) is 10.0 Å². The summed E-state index contributed by atoms with van der Waals surface area (Å²) in [5.41, 5.74) is 0.562. The Morgan fingerprint density at radius 3 is 2.55 bits per heavy atom. The molecule has 0 spiro atoms. The van der Waals surface area contributed by atoms with Crippen molar-refractivity contribution in [2.75, 3.05) is 11.9 Å². The zero-order valence-electron chi connectivity index (χ0n) is 11.4. The van der Waals surface area contributed by atoms with Crippen LogP contribution < -0.4 is 10.6 Å². The number of halogens is 2. The summed E-state index contributed by atoms with van der Waals surface area (Å²) < 4.78 is 0. The van der Waals surface area contributed by atoms with Crippen molar-refractivity contribution in [2.45, 2.75) is 44.6 Å². The molecule has 20 heavy (non-hydrogen) atoms. The van der Waals surface area contributed by atoms with Gasteiger partial charge in [-0.2, -0.15) is 0 Å². The van der Waals surface area contributed by atoms with E-state index in [4.69, 9.17) is 23.2 Å². The van der Waals surface area contributed by atoms with Gasteiger partial charge in [0.05, 0.1) is 22.3 Å². The van der Waals surface area contributed by atoms with Gasteiger partial charge in [-0.15, -0.1) is 0 Å². The number of hydrogen-bond acceptors (Lipinski definition) is 2. The van der Waals surface area contributed by atoms with E-state index in [-0.39, 0.29) is 5.91 Å². The second kappa shape index (κ2) is 7.87. The molecule has 2 rings (SSSR count). The van der Waals surface area contributed by atoms with Gasteiger partial charge in [0.2, 0.25) is 5.91 Å². The Morgan fingerprint density at radius 1 is 1.15 bits per heavy atom. The number of rotatable bonds is 4. The Morgan fingerprint density at radius 2 is 1.85 bits per heavy atom. The van der Waals surface area contributed by atoms with E-state index in [1.165, 1.54) is 25.7 Å². The highest BCUT2D eigenvalue weighted by atomic mass is 35.5. The van der Waals surface area contributed by atoms with Crippen molar-refractivity contribution in [3.05, 3.63) is 28.2 Å². The summed E-state index contributed by atoms with van der Waals surface area (Å²) in [6.45, 7) is 0.313. The number of anilines is 1. The van der Waals surface area contributed by atoms with Gasteiger partial charge < -0.3 is 10.6 Å². The van der Waals surface area contributed by atoms with Crippen molar-refractivity contribution < 1.29 is 4.79 Å². The molecule has 0 heterocycles. The molecule has 1 aromatic carbocycles. The molecule has 0 aromatic heterocycles. The highest BCUT2D eigenvalue weighted by molar-refractivity contribution is 6.43. The van der Waals surface area contributed by atoms with E-state index in [2.05, 4.69) is 10.6 Å². The van der Waals surface area contributed by atoms with Gasteiger partial charge in [-0.05, 0) is 25.0 Å². The lowest BCUT2D eigenvalue weighted by Gasteiger charge is -2.16. The molecule has 1 aromatic rings. The first-order valence-corrected chi connectivity index (χ1v) is 7.89. The monoisotopic (exact) mass is 314 g/mol. The van der Waals surface area contributed by atoms with Crippen LogP contribution in [0.1, 0.15) is 38.5 Å². The molecule has 5 heteroatoms. The summed E-state index contributed by atoms with van der Waals surface area (Å²) in [7, 11) is 0. The Kier molecular flexibility index (Phi) is 6.14.